The molecule has 2 amide bonds. The third kappa shape index (κ3) is 2.14. The Morgan fingerprint density at radius 3 is 2.77 bits per heavy atom. The molecule has 1 atom stereocenters. The molecule has 0 spiro atoms. The number of piperidine rings is 1. The second-order valence-electron chi connectivity index (χ2n) is 5.25. The predicted molar refractivity (Wildman–Crippen MR) is 81.7 cm³/mol. The number of hydrogen-bond donors (Lipinski definition) is 2. The van der Waals surface area contributed by atoms with Crippen LogP contribution in [0.15, 0.2) is 23.0 Å². The van der Waals surface area contributed by atoms with Crippen molar-refractivity contribution < 1.29 is 9.59 Å². The number of aryl methyl sites for hydroxylation is 1. The van der Waals surface area contributed by atoms with Gasteiger partial charge in [-0.25, -0.2) is 4.98 Å². The summed E-state index contributed by atoms with van der Waals surface area (Å²) in [6.45, 7) is 1.69. The molecule has 0 aliphatic carbocycles. The van der Waals surface area contributed by atoms with E-state index in [4.69, 9.17) is 0 Å². The van der Waals surface area contributed by atoms with Crippen molar-refractivity contribution in [3.8, 4) is 0 Å². The van der Waals surface area contributed by atoms with Crippen LogP contribution in [0.25, 0.3) is 10.9 Å². The predicted octanol–water partition coefficient (Wildman–Crippen LogP) is 0.724. The van der Waals surface area contributed by atoms with Gasteiger partial charge < -0.3 is 5.32 Å². The lowest BCUT2D eigenvalue weighted by atomic mass is 10.1. The summed E-state index contributed by atoms with van der Waals surface area (Å²) in [6, 6.07) is 4.66. The molecule has 0 saturated carbocycles. The molecule has 2 N–H and O–H groups in total. The third-order valence-corrected chi connectivity index (χ3v) is 3.90. The molecule has 1 aromatic heterocycles. The van der Waals surface area contributed by atoms with E-state index in [0.29, 0.717) is 28.8 Å². The molecule has 114 valence electrons. The average Bonchev–Trinajstić information content (AvgIpc) is 2.48. The van der Waals surface area contributed by atoms with Crippen LogP contribution in [0.5, 0.6) is 0 Å². The molecule has 3 rings (SSSR count). The second-order valence-corrected chi connectivity index (χ2v) is 5.25. The molecule has 0 bridgehead atoms. The van der Waals surface area contributed by atoms with Crippen LogP contribution in [0.1, 0.15) is 24.7 Å². The first kappa shape index (κ1) is 14.2. The molecule has 7 nitrogen and oxygen atoms in total. The van der Waals surface area contributed by atoms with Crippen molar-refractivity contribution in [2.45, 2.75) is 25.8 Å². The van der Waals surface area contributed by atoms with E-state index in [2.05, 4.69) is 15.6 Å². The van der Waals surface area contributed by atoms with Crippen molar-refractivity contribution in [2.75, 3.05) is 12.4 Å². The van der Waals surface area contributed by atoms with Gasteiger partial charge >= 0.3 is 0 Å². The van der Waals surface area contributed by atoms with Gasteiger partial charge in [-0.2, -0.15) is 0 Å². The van der Waals surface area contributed by atoms with Crippen molar-refractivity contribution in [3.63, 3.8) is 0 Å². The number of hydrogen-bond acceptors (Lipinski definition) is 5. The fraction of sp³-hybridized carbons (Fsp3) is 0.333. The zero-order valence-electron chi connectivity index (χ0n) is 12.3. The highest BCUT2D eigenvalue weighted by atomic mass is 16.2. The number of anilines is 1. The first-order valence-corrected chi connectivity index (χ1v) is 7.06. The largest absolute Gasteiger partial charge is 0.387 e. The Balaban J connectivity index is 2.24. The SMILES string of the molecule is CNc1cccc2nc(C)n(C3CCC(=O)NC3=O)c(=O)c12. The summed E-state index contributed by atoms with van der Waals surface area (Å²) in [5.41, 5.74) is 0.968. The van der Waals surface area contributed by atoms with E-state index in [1.54, 1.807) is 26.1 Å². The minimum absolute atomic E-state index is 0.216. The van der Waals surface area contributed by atoms with Crippen LogP contribution in [0, 0.1) is 6.92 Å². The maximum absolute atomic E-state index is 12.9. The van der Waals surface area contributed by atoms with Crippen LogP contribution in [-0.2, 0) is 9.59 Å². The number of imide groups is 1. The molecule has 2 heterocycles. The van der Waals surface area contributed by atoms with E-state index in [1.165, 1.54) is 4.57 Å². The molecule has 1 saturated heterocycles. The Labute approximate surface area is 126 Å². The Bertz CT molecular complexity index is 841. The van der Waals surface area contributed by atoms with Gasteiger partial charge in [0, 0.05) is 19.2 Å². The van der Waals surface area contributed by atoms with Crippen molar-refractivity contribution in [1.82, 2.24) is 14.9 Å². The summed E-state index contributed by atoms with van der Waals surface area (Å²) < 4.78 is 1.38. The monoisotopic (exact) mass is 300 g/mol. The number of fused-ring (bicyclic) bond motifs is 1. The fourth-order valence-corrected chi connectivity index (χ4v) is 2.86. The van der Waals surface area contributed by atoms with E-state index in [9.17, 15) is 14.4 Å². The van der Waals surface area contributed by atoms with Gasteiger partial charge in [-0.1, -0.05) is 6.07 Å². The van der Waals surface area contributed by atoms with E-state index in [1.807, 2.05) is 6.07 Å². The number of nitrogens with zero attached hydrogens (tertiary/aromatic N) is 2. The quantitative estimate of drug-likeness (QED) is 0.797. The zero-order valence-corrected chi connectivity index (χ0v) is 12.3. The fourth-order valence-electron chi connectivity index (χ4n) is 2.86. The zero-order chi connectivity index (χ0) is 15.9. The van der Waals surface area contributed by atoms with Crippen LogP contribution in [-0.4, -0.2) is 28.4 Å². The number of nitrogens with one attached hydrogen (secondary N) is 2. The van der Waals surface area contributed by atoms with Crippen LogP contribution < -0.4 is 16.2 Å². The standard InChI is InChI=1S/C15H16N4O3/c1-8-17-10-5-3-4-9(16-2)13(10)15(22)19(8)11-6-7-12(20)18-14(11)21/h3-5,11,16H,6-7H2,1-2H3,(H,18,20,21). The molecular weight excluding hydrogens is 284 g/mol. The van der Waals surface area contributed by atoms with Gasteiger partial charge in [-0.15, -0.1) is 0 Å². The molecule has 7 heteroatoms. The van der Waals surface area contributed by atoms with E-state index in [0.717, 1.165) is 0 Å². The van der Waals surface area contributed by atoms with E-state index in [-0.39, 0.29) is 17.9 Å². The second kappa shape index (κ2) is 5.25. The van der Waals surface area contributed by atoms with Gasteiger partial charge in [0.25, 0.3) is 5.56 Å². The summed E-state index contributed by atoms with van der Waals surface area (Å²) >= 11 is 0. The summed E-state index contributed by atoms with van der Waals surface area (Å²) in [6.07, 6.45) is 0.522. The number of benzene rings is 1. The van der Waals surface area contributed by atoms with Gasteiger partial charge in [-0.05, 0) is 25.5 Å². The normalized spacial score (nSPS) is 18.4. The van der Waals surface area contributed by atoms with Gasteiger partial charge in [0.2, 0.25) is 11.8 Å². The minimum atomic E-state index is -0.702. The Morgan fingerprint density at radius 1 is 1.32 bits per heavy atom. The molecule has 1 unspecified atom stereocenters. The number of amides is 2. The maximum atomic E-state index is 12.9. The summed E-state index contributed by atoms with van der Waals surface area (Å²) in [5.74, 6) is -0.304. The Hall–Kier alpha value is -2.70. The van der Waals surface area contributed by atoms with Gasteiger partial charge in [0.1, 0.15) is 11.9 Å². The highest BCUT2D eigenvalue weighted by Gasteiger charge is 2.30. The lowest BCUT2D eigenvalue weighted by Crippen LogP contribution is -2.45. The van der Waals surface area contributed by atoms with Crippen LogP contribution in [0.3, 0.4) is 0 Å². The summed E-state index contributed by atoms with van der Waals surface area (Å²) in [5, 5.41) is 5.69. The highest BCUT2D eigenvalue weighted by Crippen LogP contribution is 2.22. The third-order valence-electron chi connectivity index (χ3n) is 3.90. The molecule has 1 fully saturated rings. The van der Waals surface area contributed by atoms with Crippen molar-refractivity contribution >= 4 is 28.4 Å². The van der Waals surface area contributed by atoms with Gasteiger partial charge in [0.05, 0.1) is 10.9 Å². The van der Waals surface area contributed by atoms with Crippen molar-refractivity contribution in [3.05, 3.63) is 34.4 Å². The van der Waals surface area contributed by atoms with Crippen LogP contribution in [0.4, 0.5) is 5.69 Å². The lowest BCUT2D eigenvalue weighted by molar-refractivity contribution is -0.135. The summed E-state index contributed by atoms with van der Waals surface area (Å²) in [4.78, 5) is 40.7. The smallest absolute Gasteiger partial charge is 0.264 e. The lowest BCUT2D eigenvalue weighted by Gasteiger charge is -2.24. The molecule has 1 aliphatic rings. The molecule has 1 aliphatic heterocycles. The molecule has 0 radical (unpaired) electrons. The molecule has 2 aromatic rings. The number of carbonyl (C=O) groups excluding carboxylic acids is 2. The molecule has 22 heavy (non-hydrogen) atoms. The van der Waals surface area contributed by atoms with Crippen molar-refractivity contribution in [2.24, 2.45) is 0 Å². The van der Waals surface area contributed by atoms with Crippen LogP contribution in [0.2, 0.25) is 0 Å². The highest BCUT2D eigenvalue weighted by molar-refractivity contribution is 5.99. The van der Waals surface area contributed by atoms with E-state index >= 15 is 0 Å². The first-order valence-electron chi connectivity index (χ1n) is 7.06. The Morgan fingerprint density at radius 2 is 2.09 bits per heavy atom. The average molecular weight is 300 g/mol. The number of aromatic nitrogens is 2. The molecule has 1 aromatic carbocycles. The molecular formula is C15H16N4O3. The minimum Gasteiger partial charge on any atom is -0.387 e. The topological polar surface area (TPSA) is 93.1 Å². The number of carbonyl (C=O) groups is 2. The van der Waals surface area contributed by atoms with Gasteiger partial charge in [-0.3, -0.25) is 24.3 Å². The Kier molecular flexibility index (Phi) is 3.40. The summed E-state index contributed by atoms with van der Waals surface area (Å²) in [7, 11) is 1.73. The van der Waals surface area contributed by atoms with Crippen molar-refractivity contribution in [1.29, 1.82) is 0 Å². The number of rotatable bonds is 2. The van der Waals surface area contributed by atoms with E-state index < -0.39 is 11.9 Å². The first-order chi connectivity index (χ1) is 10.5. The maximum Gasteiger partial charge on any atom is 0.264 e. The van der Waals surface area contributed by atoms with Crippen LogP contribution >= 0.6 is 0 Å². The van der Waals surface area contributed by atoms with Gasteiger partial charge in [0.15, 0.2) is 0 Å².